The van der Waals surface area contributed by atoms with Gasteiger partial charge in [0.05, 0.1) is 16.6 Å². The van der Waals surface area contributed by atoms with Crippen LogP contribution in [0.15, 0.2) is 47.4 Å². The van der Waals surface area contributed by atoms with Crippen LogP contribution in [0.4, 0.5) is 14.5 Å². The van der Waals surface area contributed by atoms with Crippen molar-refractivity contribution in [2.75, 3.05) is 5.32 Å². The van der Waals surface area contributed by atoms with E-state index in [1.165, 1.54) is 31.2 Å². The van der Waals surface area contributed by atoms with E-state index < -0.39 is 33.6 Å². The van der Waals surface area contributed by atoms with Crippen molar-refractivity contribution in [1.82, 2.24) is 4.72 Å². The quantitative estimate of drug-likeness (QED) is 0.845. The van der Waals surface area contributed by atoms with Gasteiger partial charge in [-0.15, -0.1) is 0 Å². The van der Waals surface area contributed by atoms with E-state index in [0.29, 0.717) is 5.02 Å². The number of anilines is 1. The lowest BCUT2D eigenvalue weighted by Gasteiger charge is -2.15. The fourth-order valence-corrected chi connectivity index (χ4v) is 3.13. The predicted molar refractivity (Wildman–Crippen MR) is 86.2 cm³/mol. The molecule has 0 saturated heterocycles. The Balaban J connectivity index is 2.10. The molecule has 0 heterocycles. The molecule has 2 rings (SSSR count). The molecule has 0 radical (unpaired) electrons. The summed E-state index contributed by atoms with van der Waals surface area (Å²) in [7, 11) is -3.97. The number of hydrogen-bond acceptors (Lipinski definition) is 3. The van der Waals surface area contributed by atoms with Crippen molar-refractivity contribution >= 4 is 33.2 Å². The molecule has 0 aliphatic carbocycles. The van der Waals surface area contributed by atoms with E-state index in [0.717, 1.165) is 18.2 Å². The number of carbonyl (C=O) groups is 1. The molecule has 0 aromatic heterocycles. The van der Waals surface area contributed by atoms with E-state index in [4.69, 9.17) is 11.6 Å². The summed E-state index contributed by atoms with van der Waals surface area (Å²) in [6.07, 6.45) is 0. The minimum absolute atomic E-state index is 0.0801. The molecule has 0 aliphatic heterocycles. The number of hydrogen-bond donors (Lipinski definition) is 2. The van der Waals surface area contributed by atoms with Gasteiger partial charge in [0.2, 0.25) is 15.9 Å². The lowest BCUT2D eigenvalue weighted by atomic mass is 10.2. The summed E-state index contributed by atoms with van der Waals surface area (Å²) in [5.41, 5.74) is -0.377. The lowest BCUT2D eigenvalue weighted by molar-refractivity contribution is -0.117. The molecule has 0 saturated carbocycles. The molecule has 9 heteroatoms. The van der Waals surface area contributed by atoms with Gasteiger partial charge in [0.25, 0.3) is 0 Å². The third-order valence-corrected chi connectivity index (χ3v) is 4.84. The molecule has 0 spiro atoms. The first-order chi connectivity index (χ1) is 11.2. The largest absolute Gasteiger partial charge is 0.322 e. The van der Waals surface area contributed by atoms with E-state index in [1.807, 2.05) is 0 Å². The first-order valence-electron chi connectivity index (χ1n) is 6.73. The fraction of sp³-hybridized carbons (Fsp3) is 0.133. The SMILES string of the molecule is CC(NS(=O)(=O)c1ccc(Cl)cc1)C(=O)Nc1cc(F)ccc1F. The third kappa shape index (κ3) is 4.50. The first kappa shape index (κ1) is 18.3. The van der Waals surface area contributed by atoms with Gasteiger partial charge in [0, 0.05) is 11.1 Å². The van der Waals surface area contributed by atoms with E-state index in [1.54, 1.807) is 0 Å². The van der Waals surface area contributed by atoms with Crippen LogP contribution >= 0.6 is 11.6 Å². The van der Waals surface area contributed by atoms with Gasteiger partial charge in [-0.2, -0.15) is 4.72 Å². The number of amides is 1. The standard InChI is InChI=1S/C15H13ClF2N2O3S/c1-9(15(21)19-14-8-11(17)4-7-13(14)18)20-24(22,23)12-5-2-10(16)3-6-12/h2-9,20H,1H3,(H,19,21). The number of benzene rings is 2. The van der Waals surface area contributed by atoms with Gasteiger partial charge in [-0.3, -0.25) is 4.79 Å². The monoisotopic (exact) mass is 374 g/mol. The zero-order chi connectivity index (χ0) is 17.9. The molecule has 2 aromatic carbocycles. The van der Waals surface area contributed by atoms with Crippen LogP contribution in [0.3, 0.4) is 0 Å². The molecular formula is C15H13ClF2N2O3S. The molecule has 0 aliphatic rings. The smallest absolute Gasteiger partial charge is 0.242 e. The Morgan fingerprint density at radius 1 is 1.12 bits per heavy atom. The predicted octanol–water partition coefficient (Wildman–Crippen LogP) is 2.92. The zero-order valence-electron chi connectivity index (χ0n) is 12.4. The Morgan fingerprint density at radius 2 is 1.75 bits per heavy atom. The van der Waals surface area contributed by atoms with Crippen LogP contribution in [0.2, 0.25) is 5.02 Å². The van der Waals surface area contributed by atoms with Crippen LogP contribution in [0, 0.1) is 11.6 Å². The van der Waals surface area contributed by atoms with Gasteiger partial charge in [-0.1, -0.05) is 11.6 Å². The Hall–Kier alpha value is -2.03. The van der Waals surface area contributed by atoms with Crippen molar-refractivity contribution in [3.8, 4) is 0 Å². The summed E-state index contributed by atoms with van der Waals surface area (Å²) < 4.78 is 53.1. The molecule has 1 atom stereocenters. The average molecular weight is 375 g/mol. The van der Waals surface area contributed by atoms with Gasteiger partial charge >= 0.3 is 0 Å². The molecule has 1 amide bonds. The Kier molecular flexibility index (Phi) is 5.53. The molecule has 2 N–H and O–H groups in total. The highest BCUT2D eigenvalue weighted by atomic mass is 35.5. The second-order valence-electron chi connectivity index (χ2n) is 4.91. The molecule has 0 fully saturated rings. The summed E-state index contributed by atoms with van der Waals surface area (Å²) in [5.74, 6) is -2.41. The van der Waals surface area contributed by atoms with Crippen LogP contribution in [0.25, 0.3) is 0 Å². The van der Waals surface area contributed by atoms with Gasteiger partial charge in [-0.25, -0.2) is 17.2 Å². The minimum Gasteiger partial charge on any atom is -0.322 e. The summed E-state index contributed by atoms with van der Waals surface area (Å²) in [6.45, 7) is 1.28. The van der Waals surface area contributed by atoms with Crippen LogP contribution in [-0.4, -0.2) is 20.4 Å². The van der Waals surface area contributed by atoms with Gasteiger partial charge < -0.3 is 5.32 Å². The number of rotatable bonds is 5. The van der Waals surface area contributed by atoms with Crippen LogP contribution in [-0.2, 0) is 14.8 Å². The van der Waals surface area contributed by atoms with Crippen molar-refractivity contribution < 1.29 is 22.0 Å². The molecule has 0 bridgehead atoms. The van der Waals surface area contributed by atoms with Crippen LogP contribution < -0.4 is 10.0 Å². The third-order valence-electron chi connectivity index (χ3n) is 3.04. The Bertz CT molecular complexity index is 858. The van der Waals surface area contributed by atoms with Crippen molar-refractivity contribution in [2.24, 2.45) is 0 Å². The summed E-state index contributed by atoms with van der Waals surface area (Å²) >= 11 is 5.69. The van der Waals surface area contributed by atoms with Crippen LogP contribution in [0.1, 0.15) is 6.92 Å². The summed E-state index contributed by atoms with van der Waals surface area (Å²) in [4.78, 5) is 11.9. The van der Waals surface area contributed by atoms with Crippen molar-refractivity contribution in [2.45, 2.75) is 17.9 Å². The number of nitrogens with one attached hydrogen (secondary N) is 2. The van der Waals surface area contributed by atoms with Gasteiger partial charge in [0.1, 0.15) is 11.6 Å². The van der Waals surface area contributed by atoms with Crippen molar-refractivity contribution in [1.29, 1.82) is 0 Å². The minimum atomic E-state index is -3.97. The number of halogens is 3. The highest BCUT2D eigenvalue weighted by molar-refractivity contribution is 7.89. The second-order valence-corrected chi connectivity index (χ2v) is 7.06. The molecular weight excluding hydrogens is 362 g/mol. The van der Waals surface area contributed by atoms with E-state index in [9.17, 15) is 22.0 Å². The molecule has 128 valence electrons. The van der Waals surface area contributed by atoms with E-state index >= 15 is 0 Å². The topological polar surface area (TPSA) is 75.3 Å². The highest BCUT2D eigenvalue weighted by Crippen LogP contribution is 2.17. The molecule has 5 nitrogen and oxygen atoms in total. The van der Waals surface area contributed by atoms with Gasteiger partial charge in [-0.05, 0) is 43.3 Å². The fourth-order valence-electron chi connectivity index (χ4n) is 1.80. The maximum atomic E-state index is 13.5. The number of carbonyl (C=O) groups excluding carboxylic acids is 1. The lowest BCUT2D eigenvalue weighted by Crippen LogP contribution is -2.41. The number of sulfonamides is 1. The van der Waals surface area contributed by atoms with Crippen molar-refractivity contribution in [3.05, 3.63) is 59.1 Å². The first-order valence-corrected chi connectivity index (χ1v) is 8.59. The summed E-state index contributed by atoms with van der Waals surface area (Å²) in [5, 5.41) is 2.49. The zero-order valence-corrected chi connectivity index (χ0v) is 14.0. The summed E-state index contributed by atoms with van der Waals surface area (Å²) in [6, 6.07) is 6.68. The Morgan fingerprint density at radius 3 is 2.38 bits per heavy atom. The van der Waals surface area contributed by atoms with E-state index in [2.05, 4.69) is 10.0 Å². The van der Waals surface area contributed by atoms with Crippen LogP contribution in [0.5, 0.6) is 0 Å². The van der Waals surface area contributed by atoms with E-state index in [-0.39, 0.29) is 10.6 Å². The highest BCUT2D eigenvalue weighted by Gasteiger charge is 2.22. The normalized spacial score (nSPS) is 12.7. The molecule has 24 heavy (non-hydrogen) atoms. The molecule has 2 aromatic rings. The average Bonchev–Trinajstić information content (AvgIpc) is 2.51. The Labute approximate surface area is 142 Å². The maximum absolute atomic E-state index is 13.5. The maximum Gasteiger partial charge on any atom is 0.242 e. The molecule has 1 unspecified atom stereocenters. The van der Waals surface area contributed by atoms with Gasteiger partial charge in [0.15, 0.2) is 0 Å². The second kappa shape index (κ2) is 7.25. The van der Waals surface area contributed by atoms with Crippen molar-refractivity contribution in [3.63, 3.8) is 0 Å².